The minimum absolute atomic E-state index is 0.295. The van der Waals surface area contributed by atoms with Crippen LogP contribution in [0.3, 0.4) is 0 Å². The zero-order valence-corrected chi connectivity index (χ0v) is 21.8. The molecule has 4 aromatic rings. The van der Waals surface area contributed by atoms with Gasteiger partial charge in [0.05, 0.1) is 0 Å². The molecule has 0 spiro atoms. The Bertz CT molecular complexity index is 1420. The molecule has 0 radical (unpaired) electrons. The second-order valence-corrected chi connectivity index (χ2v) is 10.0. The topological polar surface area (TPSA) is 123 Å². The number of nitrogens with zero attached hydrogens (tertiary/aromatic N) is 2. The van der Waals surface area contributed by atoms with Crippen molar-refractivity contribution in [1.82, 2.24) is 20.8 Å². The maximum atomic E-state index is 13.7. The molecule has 4 N–H and O–H groups in total. The number of fused-ring (bicyclic) bond motifs is 1. The molecule has 0 saturated heterocycles. The number of hydrogen-bond donors (Lipinski definition) is 3. The van der Waals surface area contributed by atoms with Gasteiger partial charge in [-0.3, -0.25) is 9.59 Å². The summed E-state index contributed by atoms with van der Waals surface area (Å²) in [6.45, 7) is 5.30. The summed E-state index contributed by atoms with van der Waals surface area (Å²) in [5.41, 5.74) is 7.24. The minimum atomic E-state index is -0.850. The summed E-state index contributed by atoms with van der Waals surface area (Å²) in [7, 11) is 0. The average molecular weight is 512 g/mol. The molecule has 0 aliphatic carbocycles. The Morgan fingerprint density at radius 1 is 0.947 bits per heavy atom. The zero-order chi connectivity index (χ0) is 27.1. The van der Waals surface area contributed by atoms with Crippen molar-refractivity contribution in [3.63, 3.8) is 0 Å². The van der Waals surface area contributed by atoms with Crippen LogP contribution < -0.4 is 16.4 Å². The van der Waals surface area contributed by atoms with Crippen LogP contribution in [-0.2, 0) is 22.4 Å². The highest BCUT2D eigenvalue weighted by Crippen LogP contribution is 2.19. The van der Waals surface area contributed by atoms with E-state index in [9.17, 15) is 9.59 Å². The Morgan fingerprint density at radius 2 is 1.66 bits per heavy atom. The van der Waals surface area contributed by atoms with E-state index in [2.05, 4.69) is 20.8 Å². The van der Waals surface area contributed by atoms with Gasteiger partial charge >= 0.3 is 0 Å². The molecule has 196 valence electrons. The standard InChI is InChI=1S/C30H33N5O3/c1-20-32-29(38-35-20)26(18-21-9-5-4-6-10-21)34-28(37)25(33-27(36)15-16-30(2,3)31)19-22-13-14-23-11-7-8-12-24(23)17-22/h4-17,25-26H,18-19,31H2,1-3H3,(H,33,36)(H,34,37)/b16-15+/t25?,26-/m1/s1. The number of aromatic nitrogens is 2. The summed E-state index contributed by atoms with van der Waals surface area (Å²) in [6.07, 6.45) is 3.71. The Balaban J connectivity index is 1.59. The van der Waals surface area contributed by atoms with Crippen molar-refractivity contribution >= 4 is 22.6 Å². The largest absolute Gasteiger partial charge is 0.342 e. The van der Waals surface area contributed by atoms with Crippen molar-refractivity contribution in [2.75, 3.05) is 0 Å². The SMILES string of the molecule is Cc1noc([C@@H](Cc2ccccc2)NC(=O)C(Cc2ccc3ccccc3c2)NC(=O)/C=C/C(C)(C)N)n1. The molecule has 0 fully saturated rings. The Kier molecular flexibility index (Phi) is 8.33. The normalized spacial score (nSPS) is 13.4. The maximum absolute atomic E-state index is 13.7. The molecule has 8 nitrogen and oxygen atoms in total. The van der Waals surface area contributed by atoms with E-state index in [0.29, 0.717) is 24.6 Å². The second kappa shape index (κ2) is 11.8. The number of hydrogen-bond acceptors (Lipinski definition) is 6. The number of nitrogens with one attached hydrogen (secondary N) is 2. The van der Waals surface area contributed by atoms with Crippen LogP contribution in [0, 0.1) is 6.92 Å². The molecule has 8 heteroatoms. The lowest BCUT2D eigenvalue weighted by Crippen LogP contribution is -2.49. The van der Waals surface area contributed by atoms with Crippen LogP contribution in [0.5, 0.6) is 0 Å². The summed E-state index contributed by atoms with van der Waals surface area (Å²) >= 11 is 0. The Morgan fingerprint density at radius 3 is 2.34 bits per heavy atom. The van der Waals surface area contributed by atoms with Gasteiger partial charge in [-0.25, -0.2) is 0 Å². The molecule has 38 heavy (non-hydrogen) atoms. The first-order valence-corrected chi connectivity index (χ1v) is 12.6. The third kappa shape index (κ3) is 7.60. The van der Waals surface area contributed by atoms with E-state index in [1.807, 2.05) is 72.8 Å². The first-order valence-electron chi connectivity index (χ1n) is 12.6. The van der Waals surface area contributed by atoms with Crippen LogP contribution in [-0.4, -0.2) is 33.5 Å². The van der Waals surface area contributed by atoms with Gasteiger partial charge in [-0.15, -0.1) is 0 Å². The van der Waals surface area contributed by atoms with Gasteiger partial charge in [0.15, 0.2) is 5.82 Å². The van der Waals surface area contributed by atoms with E-state index in [1.54, 1.807) is 26.8 Å². The highest BCUT2D eigenvalue weighted by Gasteiger charge is 2.27. The van der Waals surface area contributed by atoms with E-state index >= 15 is 0 Å². The fraction of sp³-hybridized carbons (Fsp3) is 0.267. The van der Waals surface area contributed by atoms with E-state index in [-0.39, 0.29) is 5.91 Å². The molecule has 2 amide bonds. The summed E-state index contributed by atoms with van der Waals surface area (Å²) < 4.78 is 5.41. The molecule has 1 aromatic heterocycles. The molecule has 0 bridgehead atoms. The second-order valence-electron chi connectivity index (χ2n) is 10.0. The number of benzene rings is 3. The summed E-state index contributed by atoms with van der Waals surface area (Å²) in [5, 5.41) is 11.9. The van der Waals surface area contributed by atoms with Crippen molar-refractivity contribution in [1.29, 1.82) is 0 Å². The summed E-state index contributed by atoms with van der Waals surface area (Å²) in [6, 6.07) is 22.3. The van der Waals surface area contributed by atoms with Crippen LogP contribution in [0.4, 0.5) is 0 Å². The van der Waals surface area contributed by atoms with Crippen molar-refractivity contribution in [2.45, 2.75) is 51.2 Å². The Hall–Kier alpha value is -4.30. The third-order valence-corrected chi connectivity index (χ3v) is 5.99. The first-order chi connectivity index (χ1) is 18.2. The molecule has 4 rings (SSSR count). The lowest BCUT2D eigenvalue weighted by Gasteiger charge is -2.22. The number of nitrogens with two attached hydrogens (primary N) is 1. The molecular formula is C30H33N5O3. The lowest BCUT2D eigenvalue weighted by atomic mass is 10.00. The van der Waals surface area contributed by atoms with E-state index in [1.165, 1.54) is 6.08 Å². The molecule has 2 atom stereocenters. The van der Waals surface area contributed by atoms with Gasteiger partial charge in [0.2, 0.25) is 17.7 Å². The molecule has 0 saturated carbocycles. The fourth-order valence-corrected chi connectivity index (χ4v) is 4.10. The third-order valence-electron chi connectivity index (χ3n) is 5.99. The lowest BCUT2D eigenvalue weighted by molar-refractivity contribution is -0.127. The molecule has 3 aromatic carbocycles. The molecule has 0 aliphatic heterocycles. The van der Waals surface area contributed by atoms with Gasteiger partial charge in [0, 0.05) is 24.5 Å². The first kappa shape index (κ1) is 26.8. The maximum Gasteiger partial charge on any atom is 0.249 e. The quantitative estimate of drug-likeness (QED) is 0.277. The van der Waals surface area contributed by atoms with Gasteiger partial charge in [0.25, 0.3) is 0 Å². The average Bonchev–Trinajstić information content (AvgIpc) is 3.33. The number of carbonyl (C=O) groups is 2. The van der Waals surface area contributed by atoms with Crippen LogP contribution >= 0.6 is 0 Å². The smallest absolute Gasteiger partial charge is 0.249 e. The van der Waals surface area contributed by atoms with E-state index in [0.717, 1.165) is 21.9 Å². The highest BCUT2D eigenvalue weighted by molar-refractivity contribution is 5.93. The van der Waals surface area contributed by atoms with Gasteiger partial charge in [-0.05, 0) is 42.7 Å². The fourth-order valence-electron chi connectivity index (χ4n) is 4.10. The summed E-state index contributed by atoms with van der Waals surface area (Å²) in [4.78, 5) is 30.8. The van der Waals surface area contributed by atoms with Crippen molar-refractivity contribution < 1.29 is 14.1 Å². The molecule has 0 aliphatic rings. The number of amides is 2. The zero-order valence-electron chi connectivity index (χ0n) is 21.8. The molecule has 1 unspecified atom stereocenters. The van der Waals surface area contributed by atoms with Gasteiger partial charge in [-0.2, -0.15) is 4.98 Å². The van der Waals surface area contributed by atoms with Crippen molar-refractivity contribution in [2.24, 2.45) is 5.73 Å². The minimum Gasteiger partial charge on any atom is -0.342 e. The highest BCUT2D eigenvalue weighted by atomic mass is 16.5. The van der Waals surface area contributed by atoms with Crippen LogP contribution in [0.15, 0.2) is 89.5 Å². The van der Waals surface area contributed by atoms with Gasteiger partial charge < -0.3 is 20.9 Å². The number of aryl methyl sites for hydroxylation is 1. The number of carbonyl (C=O) groups excluding carboxylic acids is 2. The van der Waals surface area contributed by atoms with Gasteiger partial charge in [0.1, 0.15) is 12.1 Å². The van der Waals surface area contributed by atoms with Crippen LogP contribution in [0.2, 0.25) is 0 Å². The van der Waals surface area contributed by atoms with Crippen LogP contribution in [0.1, 0.15) is 42.7 Å². The van der Waals surface area contributed by atoms with E-state index in [4.69, 9.17) is 10.3 Å². The van der Waals surface area contributed by atoms with E-state index < -0.39 is 23.5 Å². The van der Waals surface area contributed by atoms with Crippen molar-refractivity contribution in [3.8, 4) is 0 Å². The molecular weight excluding hydrogens is 478 g/mol. The van der Waals surface area contributed by atoms with Gasteiger partial charge in [-0.1, -0.05) is 84.0 Å². The number of rotatable bonds is 10. The molecule has 1 heterocycles. The predicted molar refractivity (Wildman–Crippen MR) is 147 cm³/mol. The Labute approximate surface area is 222 Å². The monoisotopic (exact) mass is 511 g/mol. The predicted octanol–water partition coefficient (Wildman–Crippen LogP) is 3.95. The van der Waals surface area contributed by atoms with Crippen molar-refractivity contribution in [3.05, 3.63) is 108 Å². The van der Waals surface area contributed by atoms with Crippen LogP contribution in [0.25, 0.3) is 10.8 Å². The summed E-state index contributed by atoms with van der Waals surface area (Å²) in [5.74, 6) is 0.0181.